The van der Waals surface area contributed by atoms with Gasteiger partial charge in [-0.25, -0.2) is 4.79 Å². The maximum absolute atomic E-state index is 10.3. The summed E-state index contributed by atoms with van der Waals surface area (Å²) >= 11 is 0. The van der Waals surface area contributed by atoms with Crippen LogP contribution in [-0.4, -0.2) is 16.2 Å². The summed E-state index contributed by atoms with van der Waals surface area (Å²) in [6.45, 7) is 0. The fourth-order valence-electron chi connectivity index (χ4n) is 0.654. The van der Waals surface area contributed by atoms with E-state index in [1.807, 2.05) is 0 Å². The minimum absolute atomic E-state index is 0. The Hall–Kier alpha value is -0.640. The van der Waals surface area contributed by atoms with Gasteiger partial charge in [0, 0.05) is 25.8 Å². The summed E-state index contributed by atoms with van der Waals surface area (Å²) in [7, 11) is 0. The van der Waals surface area contributed by atoms with Gasteiger partial charge in [0.15, 0.2) is 0 Å². The third kappa shape index (κ3) is 2.46. The molecule has 0 saturated carbocycles. The number of carboxylic acids is 1. The Morgan fingerprint density at radius 2 is 1.82 bits per heavy atom. The first kappa shape index (κ1) is 10.4. The van der Waals surface area contributed by atoms with Gasteiger partial charge in [-0.2, -0.15) is 0 Å². The summed E-state index contributed by atoms with van der Waals surface area (Å²) < 4.78 is 0. The van der Waals surface area contributed by atoms with E-state index >= 15 is 0 Å². The fourth-order valence-corrected chi connectivity index (χ4v) is 0.654. The van der Waals surface area contributed by atoms with Crippen molar-refractivity contribution in [3.8, 4) is 5.75 Å². The predicted molar refractivity (Wildman–Crippen MR) is 35.1 cm³/mol. The standard InChI is InChI=1S/C7H6O3.Sc/c8-6-4-2-1-3-5(6)7(9)10;/h1-4,8H,(H,9,10);. The van der Waals surface area contributed by atoms with Gasteiger partial charge in [-0.3, -0.25) is 0 Å². The first-order valence-electron chi connectivity index (χ1n) is 2.73. The van der Waals surface area contributed by atoms with E-state index in [0.29, 0.717) is 0 Å². The van der Waals surface area contributed by atoms with E-state index < -0.39 is 5.97 Å². The van der Waals surface area contributed by atoms with Crippen LogP contribution in [0.1, 0.15) is 10.4 Å². The van der Waals surface area contributed by atoms with Crippen LogP contribution >= 0.6 is 0 Å². The zero-order valence-electron chi connectivity index (χ0n) is 5.69. The molecule has 1 rings (SSSR count). The van der Waals surface area contributed by atoms with Crippen LogP contribution < -0.4 is 0 Å². The number of aromatic carboxylic acids is 1. The van der Waals surface area contributed by atoms with E-state index in [4.69, 9.17) is 10.2 Å². The second-order valence-electron chi connectivity index (χ2n) is 1.82. The Morgan fingerprint density at radius 1 is 1.27 bits per heavy atom. The Kier molecular flexibility index (Phi) is 4.03. The fraction of sp³-hybridized carbons (Fsp3) is 0. The molecule has 0 aliphatic heterocycles. The van der Waals surface area contributed by atoms with Gasteiger partial charge in [0.2, 0.25) is 0 Å². The SMILES string of the molecule is O=C(O)c1ccccc1O.[Sc]. The average molecular weight is 183 g/mol. The normalized spacial score (nSPS) is 8.36. The Morgan fingerprint density at radius 3 is 2.18 bits per heavy atom. The number of carbonyl (C=O) groups is 1. The molecule has 1 radical (unpaired) electrons. The molecule has 0 aromatic heterocycles. The Balaban J connectivity index is 0.000001000. The molecule has 0 aliphatic carbocycles. The van der Waals surface area contributed by atoms with E-state index in [1.54, 1.807) is 12.1 Å². The molecular weight excluding hydrogens is 177 g/mol. The zero-order valence-corrected chi connectivity index (χ0v) is 7.49. The molecule has 0 bridgehead atoms. The molecule has 0 amide bonds. The number of aromatic hydroxyl groups is 1. The number of para-hydroxylation sites is 1. The Bertz CT molecular complexity index is 260. The molecule has 3 nitrogen and oxygen atoms in total. The van der Waals surface area contributed by atoms with Crippen LogP contribution in [0.25, 0.3) is 0 Å². The third-order valence-electron chi connectivity index (χ3n) is 1.13. The van der Waals surface area contributed by atoms with Gasteiger partial charge in [-0.1, -0.05) is 12.1 Å². The minimum atomic E-state index is -1.11. The molecule has 0 atom stereocenters. The summed E-state index contributed by atoms with van der Waals surface area (Å²) in [5, 5.41) is 17.3. The number of hydrogen-bond acceptors (Lipinski definition) is 2. The van der Waals surface area contributed by atoms with Crippen LogP contribution in [0.15, 0.2) is 24.3 Å². The molecule has 0 saturated heterocycles. The molecule has 0 spiro atoms. The van der Waals surface area contributed by atoms with Crippen molar-refractivity contribution >= 4 is 5.97 Å². The molecule has 55 valence electrons. The number of hydrogen-bond donors (Lipinski definition) is 2. The van der Waals surface area contributed by atoms with Crippen molar-refractivity contribution in [3.63, 3.8) is 0 Å². The first-order chi connectivity index (χ1) is 4.72. The van der Waals surface area contributed by atoms with E-state index in [2.05, 4.69) is 0 Å². The summed E-state index contributed by atoms with van der Waals surface area (Å²) in [6, 6.07) is 5.81. The maximum Gasteiger partial charge on any atom is 0.339 e. The second-order valence-corrected chi connectivity index (χ2v) is 1.82. The van der Waals surface area contributed by atoms with Gasteiger partial charge >= 0.3 is 5.97 Å². The van der Waals surface area contributed by atoms with Gasteiger partial charge in [0.1, 0.15) is 11.3 Å². The van der Waals surface area contributed by atoms with E-state index in [0.717, 1.165) is 0 Å². The Labute approximate surface area is 82.5 Å². The second kappa shape index (κ2) is 4.28. The van der Waals surface area contributed by atoms with E-state index in [9.17, 15) is 4.79 Å². The monoisotopic (exact) mass is 183 g/mol. The van der Waals surface area contributed by atoms with Crippen LogP contribution in [0.4, 0.5) is 0 Å². The smallest absolute Gasteiger partial charge is 0.339 e. The molecule has 0 heterocycles. The zero-order chi connectivity index (χ0) is 7.56. The van der Waals surface area contributed by atoms with Gasteiger partial charge in [-0.05, 0) is 12.1 Å². The molecule has 11 heavy (non-hydrogen) atoms. The summed E-state index contributed by atoms with van der Waals surface area (Å²) in [5.41, 5.74) is -0.0671. The van der Waals surface area contributed by atoms with Crippen LogP contribution in [0.5, 0.6) is 5.75 Å². The van der Waals surface area contributed by atoms with Crippen molar-refractivity contribution < 1.29 is 40.9 Å². The maximum atomic E-state index is 10.3. The number of rotatable bonds is 1. The predicted octanol–water partition coefficient (Wildman–Crippen LogP) is 1.09. The van der Waals surface area contributed by atoms with Crippen LogP contribution in [-0.2, 0) is 25.8 Å². The van der Waals surface area contributed by atoms with Crippen molar-refractivity contribution in [1.29, 1.82) is 0 Å². The average Bonchev–Trinajstić information content (AvgIpc) is 1.88. The van der Waals surface area contributed by atoms with E-state index in [-0.39, 0.29) is 37.2 Å². The topological polar surface area (TPSA) is 57.5 Å². The number of benzene rings is 1. The molecule has 1 aromatic rings. The summed E-state index contributed by atoms with van der Waals surface area (Å²) in [5.74, 6) is -1.31. The van der Waals surface area contributed by atoms with Gasteiger partial charge in [0.05, 0.1) is 0 Å². The van der Waals surface area contributed by atoms with Crippen LogP contribution in [0.2, 0.25) is 0 Å². The quantitative estimate of drug-likeness (QED) is 0.685. The van der Waals surface area contributed by atoms with Gasteiger partial charge in [-0.15, -0.1) is 0 Å². The molecule has 2 N–H and O–H groups in total. The largest absolute Gasteiger partial charge is 0.507 e. The molecule has 4 heteroatoms. The number of carboxylic acid groups (broad SMARTS) is 1. The molecule has 0 unspecified atom stereocenters. The summed E-state index contributed by atoms with van der Waals surface area (Å²) in [6.07, 6.45) is 0. The minimum Gasteiger partial charge on any atom is -0.507 e. The van der Waals surface area contributed by atoms with Gasteiger partial charge < -0.3 is 10.2 Å². The molecule has 1 aromatic carbocycles. The van der Waals surface area contributed by atoms with E-state index in [1.165, 1.54) is 12.1 Å². The van der Waals surface area contributed by atoms with Crippen LogP contribution in [0.3, 0.4) is 0 Å². The van der Waals surface area contributed by atoms with Gasteiger partial charge in [0.25, 0.3) is 0 Å². The van der Waals surface area contributed by atoms with Crippen molar-refractivity contribution in [3.05, 3.63) is 29.8 Å². The van der Waals surface area contributed by atoms with Crippen molar-refractivity contribution in [2.75, 3.05) is 0 Å². The third-order valence-corrected chi connectivity index (χ3v) is 1.13. The molecule has 0 fully saturated rings. The van der Waals surface area contributed by atoms with Crippen LogP contribution in [0, 0.1) is 0 Å². The van der Waals surface area contributed by atoms with Crippen molar-refractivity contribution in [2.45, 2.75) is 0 Å². The van der Waals surface area contributed by atoms with Crippen molar-refractivity contribution in [1.82, 2.24) is 0 Å². The summed E-state index contributed by atoms with van der Waals surface area (Å²) in [4.78, 5) is 10.3. The van der Waals surface area contributed by atoms with Crippen molar-refractivity contribution in [2.24, 2.45) is 0 Å². The first-order valence-corrected chi connectivity index (χ1v) is 2.73. The number of phenols is 1. The molecular formula is C7H6O3Sc. The molecule has 0 aliphatic rings.